The molecule has 0 unspecified atom stereocenters. The van der Waals surface area contributed by atoms with Crippen molar-refractivity contribution in [3.05, 3.63) is 119 Å². The first kappa shape index (κ1) is 27.2. The Kier molecular flexibility index (Phi) is 9.29. The number of hydrogen-bond acceptors (Lipinski definition) is 3. The van der Waals surface area contributed by atoms with Gasteiger partial charge in [0, 0.05) is 28.1 Å². The van der Waals surface area contributed by atoms with E-state index in [0.29, 0.717) is 11.3 Å². The minimum atomic E-state index is -0.945. The van der Waals surface area contributed by atoms with E-state index >= 15 is 0 Å². The molecule has 0 spiro atoms. The Bertz CT molecular complexity index is 1330. The van der Waals surface area contributed by atoms with Crippen LogP contribution in [0.3, 0.4) is 0 Å². The Morgan fingerprint density at radius 1 is 0.811 bits per heavy atom. The molecule has 0 aliphatic rings. The van der Waals surface area contributed by atoms with E-state index in [1.54, 1.807) is 24.5 Å². The number of anilines is 1. The maximum absolute atomic E-state index is 13.9. The van der Waals surface area contributed by atoms with Gasteiger partial charge in [0.1, 0.15) is 9.78 Å². The van der Waals surface area contributed by atoms with Crippen LogP contribution in [0.15, 0.2) is 108 Å². The van der Waals surface area contributed by atoms with Crippen LogP contribution in [0.2, 0.25) is 0 Å². The van der Waals surface area contributed by atoms with Crippen LogP contribution in [0.4, 0.5) is 5.69 Å². The molecular formula is C29H24Br3N3O2. The number of carbonyl (C=O) groups excluding carboxylic acids is 2. The predicted octanol–water partition coefficient (Wildman–Crippen LogP) is 7.58. The molecular weight excluding hydrogens is 662 g/mol. The van der Waals surface area contributed by atoms with Crippen molar-refractivity contribution in [3.8, 4) is 11.1 Å². The fourth-order valence-corrected chi connectivity index (χ4v) is 4.74. The normalized spacial score (nSPS) is 12.6. The molecule has 0 radical (unpaired) electrons. The third-order valence-electron chi connectivity index (χ3n) is 5.91. The Morgan fingerprint density at radius 3 is 2.05 bits per heavy atom. The van der Waals surface area contributed by atoms with Gasteiger partial charge < -0.3 is 5.32 Å². The Labute approximate surface area is 241 Å². The van der Waals surface area contributed by atoms with E-state index in [2.05, 4.69) is 58.1 Å². The molecule has 8 heteroatoms. The lowest BCUT2D eigenvalue weighted by Gasteiger charge is -2.33. The lowest BCUT2D eigenvalue weighted by atomic mass is 10.0. The zero-order chi connectivity index (χ0) is 26.4. The predicted molar refractivity (Wildman–Crippen MR) is 159 cm³/mol. The van der Waals surface area contributed by atoms with Crippen LogP contribution >= 0.6 is 47.8 Å². The first-order chi connectivity index (χ1) is 17.8. The fourth-order valence-electron chi connectivity index (χ4n) is 4.04. The second-order valence-corrected chi connectivity index (χ2v) is 12.4. The van der Waals surface area contributed by atoms with Gasteiger partial charge in [0.2, 0.25) is 5.91 Å². The molecule has 3 aromatic carbocycles. The second-order valence-electron chi connectivity index (χ2n) is 8.39. The number of halogens is 3. The number of nitrogens with zero attached hydrogens (tertiary/aromatic N) is 2. The van der Waals surface area contributed by atoms with Crippen molar-refractivity contribution in [2.45, 2.75) is 22.7 Å². The van der Waals surface area contributed by atoms with Crippen LogP contribution in [-0.4, -0.2) is 20.5 Å². The van der Waals surface area contributed by atoms with E-state index in [4.69, 9.17) is 0 Å². The summed E-state index contributed by atoms with van der Waals surface area (Å²) in [5, 5.41) is 3.09. The van der Waals surface area contributed by atoms with E-state index < -0.39 is 9.78 Å². The SMILES string of the molecule is C[C@H](NC(=O)[C@H](c1cccnc1)N(C(=O)C(Br)Br)c1ccc(-c2ccccc2)cc1)c1ccc(Br)cc1. The van der Waals surface area contributed by atoms with Crippen molar-refractivity contribution in [3.63, 3.8) is 0 Å². The van der Waals surface area contributed by atoms with E-state index in [1.807, 2.05) is 85.8 Å². The van der Waals surface area contributed by atoms with Gasteiger partial charge in [0.25, 0.3) is 5.91 Å². The molecule has 188 valence electrons. The van der Waals surface area contributed by atoms with Crippen LogP contribution in [-0.2, 0) is 9.59 Å². The first-order valence-corrected chi connectivity index (χ1v) is 14.2. The summed E-state index contributed by atoms with van der Waals surface area (Å²) in [7, 11) is 0. The van der Waals surface area contributed by atoms with Gasteiger partial charge >= 0.3 is 0 Å². The zero-order valence-corrected chi connectivity index (χ0v) is 24.6. The number of hydrogen-bond donors (Lipinski definition) is 1. The molecule has 5 nitrogen and oxygen atoms in total. The number of rotatable bonds is 8. The molecule has 0 aliphatic carbocycles. The van der Waals surface area contributed by atoms with E-state index in [0.717, 1.165) is 21.2 Å². The average Bonchev–Trinajstić information content (AvgIpc) is 2.92. The molecule has 2 amide bonds. The van der Waals surface area contributed by atoms with Crippen LogP contribution < -0.4 is 10.2 Å². The van der Waals surface area contributed by atoms with Gasteiger partial charge in [0.15, 0.2) is 0 Å². The molecule has 0 saturated carbocycles. The van der Waals surface area contributed by atoms with Crippen molar-refractivity contribution >= 4 is 65.3 Å². The summed E-state index contributed by atoms with van der Waals surface area (Å²) >= 11 is 10.1. The topological polar surface area (TPSA) is 62.3 Å². The van der Waals surface area contributed by atoms with Crippen LogP contribution in [0.5, 0.6) is 0 Å². The number of benzene rings is 3. The van der Waals surface area contributed by atoms with Crippen LogP contribution in [0.1, 0.15) is 30.1 Å². The molecule has 1 heterocycles. The molecule has 0 bridgehead atoms. The molecule has 0 saturated heterocycles. The molecule has 37 heavy (non-hydrogen) atoms. The van der Waals surface area contributed by atoms with Gasteiger partial charge in [-0.1, -0.05) is 108 Å². The van der Waals surface area contributed by atoms with Crippen molar-refractivity contribution in [2.24, 2.45) is 0 Å². The number of alkyl halides is 2. The number of nitrogens with one attached hydrogen (secondary N) is 1. The number of aromatic nitrogens is 1. The number of pyridine rings is 1. The molecule has 0 fully saturated rings. The highest BCUT2D eigenvalue weighted by atomic mass is 79.9. The van der Waals surface area contributed by atoms with Gasteiger partial charge in [-0.05, 0) is 53.9 Å². The maximum Gasteiger partial charge on any atom is 0.252 e. The Hall–Kier alpha value is -2.81. The standard InChI is InChI=1S/C29H24Br3N3O2/c1-19(20-9-13-24(30)14-10-20)34-28(36)26(23-8-5-17-33-18-23)35(29(37)27(31)32)25-15-11-22(12-16-25)21-6-3-2-4-7-21/h2-19,26-27H,1H3,(H,34,36)/t19-,26-/m0/s1. The fraction of sp³-hybridized carbons (Fsp3) is 0.138. The van der Waals surface area contributed by atoms with Crippen LogP contribution in [0, 0.1) is 0 Å². The smallest absolute Gasteiger partial charge is 0.252 e. The molecule has 4 aromatic rings. The summed E-state index contributed by atoms with van der Waals surface area (Å²) in [4.78, 5) is 33.1. The highest BCUT2D eigenvalue weighted by molar-refractivity contribution is 9.25. The summed E-state index contributed by atoms with van der Waals surface area (Å²) in [6, 6.07) is 27.7. The lowest BCUT2D eigenvalue weighted by Crippen LogP contribution is -2.46. The van der Waals surface area contributed by atoms with Crippen molar-refractivity contribution in [2.75, 3.05) is 4.90 Å². The quantitative estimate of drug-likeness (QED) is 0.195. The zero-order valence-electron chi connectivity index (χ0n) is 19.9. The van der Waals surface area contributed by atoms with E-state index in [9.17, 15) is 9.59 Å². The Morgan fingerprint density at radius 2 is 1.46 bits per heavy atom. The number of carbonyl (C=O) groups is 2. The third kappa shape index (κ3) is 6.74. The average molecular weight is 686 g/mol. The maximum atomic E-state index is 13.9. The van der Waals surface area contributed by atoms with E-state index in [1.165, 1.54) is 4.90 Å². The van der Waals surface area contributed by atoms with Crippen LogP contribution in [0.25, 0.3) is 11.1 Å². The van der Waals surface area contributed by atoms with Gasteiger partial charge in [-0.25, -0.2) is 0 Å². The van der Waals surface area contributed by atoms with Gasteiger partial charge in [0.05, 0.1) is 6.04 Å². The number of amides is 2. The molecule has 1 aromatic heterocycles. The van der Waals surface area contributed by atoms with Gasteiger partial charge in [-0.2, -0.15) is 0 Å². The monoisotopic (exact) mass is 683 g/mol. The van der Waals surface area contributed by atoms with Gasteiger partial charge in [-0.15, -0.1) is 0 Å². The molecule has 0 aliphatic heterocycles. The lowest BCUT2D eigenvalue weighted by molar-refractivity contribution is -0.126. The summed E-state index contributed by atoms with van der Waals surface area (Å²) in [6.07, 6.45) is 3.26. The summed E-state index contributed by atoms with van der Waals surface area (Å²) in [5.74, 6) is -0.627. The molecule has 1 N–H and O–H groups in total. The molecule has 4 rings (SSSR count). The third-order valence-corrected chi connectivity index (χ3v) is 7.22. The summed E-state index contributed by atoms with van der Waals surface area (Å²) < 4.78 is 0.268. The van der Waals surface area contributed by atoms with E-state index in [-0.39, 0.29) is 17.9 Å². The summed E-state index contributed by atoms with van der Waals surface area (Å²) in [5.41, 5.74) is 4.22. The minimum absolute atomic E-state index is 0.277. The van der Waals surface area contributed by atoms with Gasteiger partial charge in [-0.3, -0.25) is 19.5 Å². The second kappa shape index (κ2) is 12.6. The highest BCUT2D eigenvalue weighted by Gasteiger charge is 2.35. The van der Waals surface area contributed by atoms with Crippen molar-refractivity contribution in [1.82, 2.24) is 10.3 Å². The Balaban J connectivity index is 1.73. The highest BCUT2D eigenvalue weighted by Crippen LogP contribution is 2.33. The first-order valence-electron chi connectivity index (χ1n) is 11.6. The minimum Gasteiger partial charge on any atom is -0.347 e. The molecule has 2 atom stereocenters. The van der Waals surface area contributed by atoms with Crippen molar-refractivity contribution < 1.29 is 9.59 Å². The summed E-state index contributed by atoms with van der Waals surface area (Å²) in [6.45, 7) is 1.92. The van der Waals surface area contributed by atoms with Crippen molar-refractivity contribution in [1.29, 1.82) is 0 Å². The largest absolute Gasteiger partial charge is 0.347 e.